The molecule has 0 aliphatic heterocycles. The van der Waals surface area contributed by atoms with Gasteiger partial charge in [-0.1, -0.05) is 12.1 Å². The normalized spacial score (nSPS) is 12.3. The van der Waals surface area contributed by atoms with Crippen molar-refractivity contribution >= 4 is 33.2 Å². The predicted molar refractivity (Wildman–Crippen MR) is 101 cm³/mol. The van der Waals surface area contributed by atoms with Gasteiger partial charge < -0.3 is 10.6 Å². The summed E-state index contributed by atoms with van der Waals surface area (Å²) in [6.45, 7) is 1.39. The number of carbonyl (C=O) groups is 2. The van der Waals surface area contributed by atoms with Gasteiger partial charge in [0.2, 0.25) is 21.8 Å². The lowest BCUT2D eigenvalue weighted by Gasteiger charge is -2.18. The van der Waals surface area contributed by atoms with Gasteiger partial charge in [0.05, 0.1) is 12.3 Å². The molecular weight excluding hydrogens is 373 g/mol. The van der Waals surface area contributed by atoms with Crippen molar-refractivity contribution in [2.75, 3.05) is 16.9 Å². The minimum atomic E-state index is -3.58. The van der Waals surface area contributed by atoms with Crippen LogP contribution in [-0.4, -0.2) is 26.5 Å². The van der Waals surface area contributed by atoms with E-state index in [0.717, 1.165) is 6.26 Å². The summed E-state index contributed by atoms with van der Waals surface area (Å²) in [6.07, 6.45) is 0.814. The van der Waals surface area contributed by atoms with E-state index in [1.165, 1.54) is 31.2 Å². The van der Waals surface area contributed by atoms with Crippen LogP contribution < -0.4 is 15.4 Å². The highest BCUT2D eigenvalue weighted by molar-refractivity contribution is 7.88. The highest BCUT2D eigenvalue weighted by Gasteiger charge is 2.20. The topological polar surface area (TPSA) is 104 Å². The smallest absolute Gasteiger partial charge is 0.226 e. The van der Waals surface area contributed by atoms with Crippen molar-refractivity contribution in [3.05, 3.63) is 59.9 Å². The average Bonchev–Trinajstić information content (AvgIpc) is 2.55. The zero-order valence-corrected chi connectivity index (χ0v) is 15.6. The Morgan fingerprint density at radius 3 is 1.96 bits per heavy atom. The monoisotopic (exact) mass is 393 g/mol. The first-order valence-electron chi connectivity index (χ1n) is 8.02. The zero-order valence-electron chi connectivity index (χ0n) is 14.8. The van der Waals surface area contributed by atoms with Crippen LogP contribution in [0.5, 0.6) is 0 Å². The summed E-state index contributed by atoms with van der Waals surface area (Å²) in [4.78, 5) is 23.3. The third-order valence-corrected chi connectivity index (χ3v) is 4.22. The van der Waals surface area contributed by atoms with E-state index in [-0.39, 0.29) is 12.3 Å². The average molecular weight is 393 g/mol. The quantitative estimate of drug-likeness (QED) is 0.672. The molecule has 0 saturated heterocycles. The molecule has 0 heterocycles. The number of carbonyl (C=O) groups excluding carboxylic acids is 2. The van der Waals surface area contributed by atoms with Crippen LogP contribution in [0.2, 0.25) is 0 Å². The number of amides is 2. The number of nitrogens with one attached hydrogen (secondary N) is 3. The number of rotatable bonds is 7. The van der Waals surface area contributed by atoms with Crippen LogP contribution in [0.1, 0.15) is 24.9 Å². The van der Waals surface area contributed by atoms with Crippen molar-refractivity contribution in [2.24, 2.45) is 0 Å². The van der Waals surface area contributed by atoms with E-state index in [0.29, 0.717) is 16.9 Å². The SMILES string of the molecule is CC(=O)Nc1ccc(NC(=O)C[C@H](NS(C)(=O)=O)c2ccc(F)cc2)cc1. The minimum Gasteiger partial charge on any atom is -0.326 e. The molecule has 2 amide bonds. The molecule has 0 bridgehead atoms. The Kier molecular flexibility index (Phi) is 6.65. The van der Waals surface area contributed by atoms with Gasteiger partial charge in [0.25, 0.3) is 0 Å². The Balaban J connectivity index is 2.08. The van der Waals surface area contributed by atoms with Crippen LogP contribution in [0.25, 0.3) is 0 Å². The van der Waals surface area contributed by atoms with Crippen molar-refractivity contribution < 1.29 is 22.4 Å². The van der Waals surface area contributed by atoms with Crippen LogP contribution in [0.4, 0.5) is 15.8 Å². The van der Waals surface area contributed by atoms with Crippen LogP contribution in [0.3, 0.4) is 0 Å². The van der Waals surface area contributed by atoms with Crippen molar-refractivity contribution in [1.82, 2.24) is 4.72 Å². The van der Waals surface area contributed by atoms with Gasteiger partial charge >= 0.3 is 0 Å². The Morgan fingerprint density at radius 2 is 1.48 bits per heavy atom. The molecule has 0 radical (unpaired) electrons. The van der Waals surface area contributed by atoms with Crippen LogP contribution in [0.15, 0.2) is 48.5 Å². The van der Waals surface area contributed by atoms with Gasteiger partial charge in [-0.25, -0.2) is 17.5 Å². The lowest BCUT2D eigenvalue weighted by Crippen LogP contribution is -2.30. The Morgan fingerprint density at radius 1 is 0.963 bits per heavy atom. The van der Waals surface area contributed by atoms with Gasteiger partial charge in [0.1, 0.15) is 5.82 Å². The molecule has 2 aromatic rings. The Labute approximate surface area is 157 Å². The summed E-state index contributed by atoms with van der Waals surface area (Å²) in [5, 5.41) is 5.27. The number of hydrogen-bond acceptors (Lipinski definition) is 4. The van der Waals surface area contributed by atoms with Crippen LogP contribution in [-0.2, 0) is 19.6 Å². The summed E-state index contributed by atoms with van der Waals surface area (Å²) < 4.78 is 38.7. The van der Waals surface area contributed by atoms with Gasteiger partial charge in [-0.05, 0) is 42.0 Å². The number of hydrogen-bond donors (Lipinski definition) is 3. The van der Waals surface area contributed by atoms with Gasteiger partial charge in [-0.15, -0.1) is 0 Å². The third-order valence-electron chi connectivity index (χ3n) is 3.51. The van der Waals surface area contributed by atoms with Crippen molar-refractivity contribution in [3.8, 4) is 0 Å². The molecule has 0 unspecified atom stereocenters. The molecular formula is C18H20FN3O4S. The minimum absolute atomic E-state index is 0.174. The maximum atomic E-state index is 13.1. The molecule has 0 saturated carbocycles. The van der Waals surface area contributed by atoms with Crippen molar-refractivity contribution in [3.63, 3.8) is 0 Å². The lowest BCUT2D eigenvalue weighted by atomic mass is 10.0. The molecule has 2 rings (SSSR count). The predicted octanol–water partition coefficient (Wildman–Crippen LogP) is 2.40. The molecule has 9 heteroatoms. The van der Waals surface area contributed by atoms with E-state index in [4.69, 9.17) is 0 Å². The summed E-state index contributed by atoms with van der Waals surface area (Å²) in [7, 11) is -3.58. The maximum Gasteiger partial charge on any atom is 0.226 e. The van der Waals surface area contributed by atoms with Gasteiger partial charge in [-0.3, -0.25) is 9.59 Å². The molecule has 7 nitrogen and oxygen atoms in total. The summed E-state index contributed by atoms with van der Waals surface area (Å²) in [6, 6.07) is 10.9. The van der Waals surface area contributed by atoms with E-state index in [1.54, 1.807) is 24.3 Å². The molecule has 0 aliphatic carbocycles. The first kappa shape index (κ1) is 20.5. The highest BCUT2D eigenvalue weighted by Crippen LogP contribution is 2.20. The second kappa shape index (κ2) is 8.74. The zero-order chi connectivity index (χ0) is 20.0. The number of halogens is 1. The number of benzene rings is 2. The fourth-order valence-electron chi connectivity index (χ4n) is 2.42. The molecule has 144 valence electrons. The Bertz CT molecular complexity index is 913. The molecule has 0 fully saturated rings. The number of anilines is 2. The molecule has 0 aliphatic rings. The number of sulfonamides is 1. The molecule has 0 aromatic heterocycles. The molecule has 0 spiro atoms. The summed E-state index contributed by atoms with van der Waals surface area (Å²) in [5.74, 6) is -1.09. The van der Waals surface area contributed by atoms with E-state index < -0.39 is 27.8 Å². The van der Waals surface area contributed by atoms with Gasteiger partial charge in [-0.2, -0.15) is 0 Å². The lowest BCUT2D eigenvalue weighted by molar-refractivity contribution is -0.116. The Hall–Kier alpha value is -2.78. The van der Waals surface area contributed by atoms with E-state index in [2.05, 4.69) is 15.4 Å². The standard InChI is InChI=1S/C18H20FN3O4S/c1-12(23)20-15-7-9-16(10-8-15)21-18(24)11-17(22-27(2,25)26)13-3-5-14(19)6-4-13/h3-10,17,22H,11H2,1-2H3,(H,20,23)(H,21,24)/t17-/m0/s1. The second-order valence-electron chi connectivity index (χ2n) is 6.00. The van der Waals surface area contributed by atoms with E-state index >= 15 is 0 Å². The van der Waals surface area contributed by atoms with E-state index in [1.807, 2.05) is 0 Å². The van der Waals surface area contributed by atoms with E-state index in [9.17, 15) is 22.4 Å². The van der Waals surface area contributed by atoms with Gasteiger partial charge in [0, 0.05) is 24.7 Å². The highest BCUT2D eigenvalue weighted by atomic mass is 32.2. The first-order chi connectivity index (χ1) is 12.6. The van der Waals surface area contributed by atoms with Crippen molar-refractivity contribution in [1.29, 1.82) is 0 Å². The molecule has 1 atom stereocenters. The van der Waals surface area contributed by atoms with Crippen LogP contribution in [0, 0.1) is 5.82 Å². The molecule has 3 N–H and O–H groups in total. The fourth-order valence-corrected chi connectivity index (χ4v) is 3.15. The van der Waals surface area contributed by atoms with Crippen molar-refractivity contribution in [2.45, 2.75) is 19.4 Å². The third kappa shape index (κ3) is 7.16. The fraction of sp³-hybridized carbons (Fsp3) is 0.222. The summed E-state index contributed by atoms with van der Waals surface area (Å²) >= 11 is 0. The van der Waals surface area contributed by atoms with Gasteiger partial charge in [0.15, 0.2) is 0 Å². The molecule has 27 heavy (non-hydrogen) atoms. The first-order valence-corrected chi connectivity index (χ1v) is 9.92. The maximum absolute atomic E-state index is 13.1. The largest absolute Gasteiger partial charge is 0.326 e. The molecule has 2 aromatic carbocycles. The van der Waals surface area contributed by atoms with Crippen LogP contribution >= 0.6 is 0 Å². The second-order valence-corrected chi connectivity index (χ2v) is 7.79. The summed E-state index contributed by atoms with van der Waals surface area (Å²) in [5.41, 5.74) is 1.55.